The van der Waals surface area contributed by atoms with Crippen LogP contribution in [0.15, 0.2) is 188 Å². The van der Waals surface area contributed by atoms with Gasteiger partial charge in [0.2, 0.25) is 0 Å². The van der Waals surface area contributed by atoms with Gasteiger partial charge >= 0.3 is 0 Å². The topological polar surface area (TPSA) is 34.0 Å². The molecule has 4 nitrogen and oxygen atoms in total. The fraction of sp³-hybridized carbons (Fsp3) is 0.0213. The van der Waals surface area contributed by atoms with E-state index < -0.39 is 0 Å². The van der Waals surface area contributed by atoms with Crippen LogP contribution in [-0.4, -0.2) is 14.5 Å². The van der Waals surface area contributed by atoms with Gasteiger partial charge in [-0.25, -0.2) is 9.97 Å². The normalized spacial score (nSPS) is 11.2. The summed E-state index contributed by atoms with van der Waals surface area (Å²) in [5.41, 5.74) is 13.9. The van der Waals surface area contributed by atoms with E-state index in [4.69, 9.17) is 0 Å². The first-order valence-electron chi connectivity index (χ1n) is 17.2. The summed E-state index contributed by atoms with van der Waals surface area (Å²) in [6, 6.07) is 62.7. The number of para-hydroxylation sites is 3. The Morgan fingerprint density at radius 3 is 1.69 bits per heavy atom. The molecule has 0 N–H and O–H groups in total. The molecule has 4 heteroatoms. The molecule has 0 spiro atoms. The first-order valence-corrected chi connectivity index (χ1v) is 17.2. The molecule has 51 heavy (non-hydrogen) atoms. The molecule has 0 radical (unpaired) electrons. The zero-order valence-corrected chi connectivity index (χ0v) is 28.2. The average Bonchev–Trinajstić information content (AvgIpc) is 3.53. The minimum absolute atomic E-state index is 0.736. The maximum atomic E-state index is 4.40. The molecule has 2 heterocycles. The third-order valence-corrected chi connectivity index (χ3v) is 9.65. The van der Waals surface area contributed by atoms with Crippen LogP contribution >= 0.6 is 0 Å². The summed E-state index contributed by atoms with van der Waals surface area (Å²) in [7, 11) is 0. The van der Waals surface area contributed by atoms with Gasteiger partial charge < -0.3 is 9.47 Å². The maximum absolute atomic E-state index is 4.40. The van der Waals surface area contributed by atoms with Crippen molar-refractivity contribution in [2.45, 2.75) is 6.92 Å². The van der Waals surface area contributed by atoms with Crippen LogP contribution in [0.5, 0.6) is 0 Å². The fourth-order valence-corrected chi connectivity index (χ4v) is 7.19. The summed E-state index contributed by atoms with van der Waals surface area (Å²) >= 11 is 0. The van der Waals surface area contributed by atoms with Crippen molar-refractivity contribution in [3.8, 4) is 39.3 Å². The second kappa shape index (κ2) is 12.9. The molecule has 0 saturated carbocycles. The molecule has 0 unspecified atom stereocenters. The highest BCUT2D eigenvalue weighted by atomic mass is 15.1. The maximum Gasteiger partial charge on any atom is 0.159 e. The highest BCUT2D eigenvalue weighted by Gasteiger charge is 2.16. The molecule has 0 fully saturated rings. The number of nitrogens with zero attached hydrogens (tertiary/aromatic N) is 4. The van der Waals surface area contributed by atoms with Gasteiger partial charge in [-0.3, -0.25) is 0 Å². The van der Waals surface area contributed by atoms with Gasteiger partial charge in [0.25, 0.3) is 0 Å². The second-order valence-electron chi connectivity index (χ2n) is 12.8. The van der Waals surface area contributed by atoms with E-state index in [1.807, 2.05) is 6.07 Å². The standard InChI is InChI=1S/C47H34N4/c1-33-31-41(26-27-42(33)35-17-19-36(20-18-35)47-48-29-10-30-49-47)51-45-16-9-8-15-43(45)44-32-37(23-28-46(44)51)34-21-24-40(25-22-34)50(38-11-4-2-5-12-38)39-13-6-3-7-14-39/h2-32H,1H3. The Bertz CT molecular complexity index is 2570. The Hall–Kier alpha value is -6.78. The zero-order valence-electron chi connectivity index (χ0n) is 28.2. The van der Waals surface area contributed by atoms with E-state index in [1.165, 1.54) is 49.6 Å². The van der Waals surface area contributed by atoms with Crippen molar-refractivity contribution in [3.63, 3.8) is 0 Å². The van der Waals surface area contributed by atoms with Crippen LogP contribution in [-0.2, 0) is 0 Å². The number of benzene rings is 7. The minimum atomic E-state index is 0.736. The molecule has 0 saturated heterocycles. The zero-order chi connectivity index (χ0) is 34.1. The summed E-state index contributed by atoms with van der Waals surface area (Å²) in [6.45, 7) is 2.19. The molecule has 9 rings (SSSR count). The lowest BCUT2D eigenvalue weighted by molar-refractivity contribution is 1.17. The molecule has 2 aromatic heterocycles. The predicted octanol–water partition coefficient (Wildman–Crippen LogP) is 12.4. The van der Waals surface area contributed by atoms with E-state index >= 15 is 0 Å². The molecule has 242 valence electrons. The molecule has 0 amide bonds. The van der Waals surface area contributed by atoms with Crippen molar-refractivity contribution in [3.05, 3.63) is 194 Å². The van der Waals surface area contributed by atoms with Gasteiger partial charge in [0.1, 0.15) is 0 Å². The molecule has 9 aromatic rings. The summed E-state index contributed by atoms with van der Waals surface area (Å²) in [4.78, 5) is 11.1. The number of hydrogen-bond acceptors (Lipinski definition) is 3. The molecule has 0 bridgehead atoms. The third kappa shape index (κ3) is 5.63. The third-order valence-electron chi connectivity index (χ3n) is 9.65. The lowest BCUT2D eigenvalue weighted by Gasteiger charge is -2.25. The molecule has 0 aliphatic carbocycles. The highest BCUT2D eigenvalue weighted by Crippen LogP contribution is 2.38. The van der Waals surface area contributed by atoms with Crippen molar-refractivity contribution in [1.29, 1.82) is 0 Å². The Balaban J connectivity index is 1.07. The lowest BCUT2D eigenvalue weighted by atomic mass is 9.98. The second-order valence-corrected chi connectivity index (χ2v) is 12.8. The molecule has 7 aromatic carbocycles. The Morgan fingerprint density at radius 2 is 1.00 bits per heavy atom. The number of aryl methyl sites for hydroxylation is 1. The van der Waals surface area contributed by atoms with E-state index in [2.05, 4.69) is 196 Å². The SMILES string of the molecule is Cc1cc(-n2c3ccccc3c3cc(-c4ccc(N(c5ccccc5)c5ccccc5)cc4)ccc32)ccc1-c1ccc(-c2ncccn2)cc1. The number of hydrogen-bond donors (Lipinski definition) is 0. The number of fused-ring (bicyclic) bond motifs is 3. The quantitative estimate of drug-likeness (QED) is 0.171. The summed E-state index contributed by atoms with van der Waals surface area (Å²) < 4.78 is 2.39. The Kier molecular flexibility index (Phi) is 7.67. The van der Waals surface area contributed by atoms with Crippen molar-refractivity contribution in [2.24, 2.45) is 0 Å². The van der Waals surface area contributed by atoms with E-state index in [0.29, 0.717) is 0 Å². The van der Waals surface area contributed by atoms with Crippen LogP contribution < -0.4 is 4.90 Å². The van der Waals surface area contributed by atoms with E-state index in [1.54, 1.807) is 12.4 Å². The van der Waals surface area contributed by atoms with Crippen LogP contribution in [0.2, 0.25) is 0 Å². The lowest BCUT2D eigenvalue weighted by Crippen LogP contribution is -2.09. The van der Waals surface area contributed by atoms with Gasteiger partial charge in [0, 0.05) is 51.5 Å². The van der Waals surface area contributed by atoms with Crippen LogP contribution in [0.4, 0.5) is 17.1 Å². The average molecular weight is 655 g/mol. The van der Waals surface area contributed by atoms with E-state index in [0.717, 1.165) is 34.1 Å². The van der Waals surface area contributed by atoms with Crippen LogP contribution in [0.3, 0.4) is 0 Å². The molecular formula is C47H34N4. The predicted molar refractivity (Wildman–Crippen MR) is 212 cm³/mol. The van der Waals surface area contributed by atoms with Gasteiger partial charge in [-0.2, -0.15) is 0 Å². The molecule has 0 aliphatic rings. The van der Waals surface area contributed by atoms with Crippen LogP contribution in [0.25, 0.3) is 61.1 Å². The molecule has 0 aliphatic heterocycles. The van der Waals surface area contributed by atoms with Crippen molar-refractivity contribution < 1.29 is 0 Å². The van der Waals surface area contributed by atoms with Crippen molar-refractivity contribution in [2.75, 3.05) is 4.90 Å². The minimum Gasteiger partial charge on any atom is -0.311 e. The van der Waals surface area contributed by atoms with Crippen LogP contribution in [0.1, 0.15) is 5.56 Å². The van der Waals surface area contributed by atoms with Gasteiger partial charge in [-0.05, 0) is 108 Å². The monoisotopic (exact) mass is 654 g/mol. The van der Waals surface area contributed by atoms with Gasteiger partial charge in [-0.15, -0.1) is 0 Å². The van der Waals surface area contributed by atoms with E-state index in [-0.39, 0.29) is 0 Å². The fourth-order valence-electron chi connectivity index (χ4n) is 7.19. The number of anilines is 3. The summed E-state index contributed by atoms with van der Waals surface area (Å²) in [5.74, 6) is 0.736. The highest BCUT2D eigenvalue weighted by molar-refractivity contribution is 6.10. The molecule has 0 atom stereocenters. The first kappa shape index (κ1) is 30.3. The largest absolute Gasteiger partial charge is 0.311 e. The van der Waals surface area contributed by atoms with Gasteiger partial charge in [0.05, 0.1) is 11.0 Å². The molecular weight excluding hydrogens is 621 g/mol. The van der Waals surface area contributed by atoms with Crippen molar-refractivity contribution >= 4 is 38.9 Å². The van der Waals surface area contributed by atoms with Crippen LogP contribution in [0, 0.1) is 6.92 Å². The summed E-state index contributed by atoms with van der Waals surface area (Å²) in [5, 5.41) is 2.48. The Morgan fingerprint density at radius 1 is 0.431 bits per heavy atom. The smallest absolute Gasteiger partial charge is 0.159 e. The first-order chi connectivity index (χ1) is 25.2. The Labute approximate surface area is 297 Å². The van der Waals surface area contributed by atoms with E-state index in [9.17, 15) is 0 Å². The van der Waals surface area contributed by atoms with Gasteiger partial charge in [-0.1, -0.05) is 103 Å². The van der Waals surface area contributed by atoms with Crippen molar-refractivity contribution in [1.82, 2.24) is 14.5 Å². The number of rotatable bonds is 7. The number of aromatic nitrogens is 3. The summed E-state index contributed by atoms with van der Waals surface area (Å²) in [6.07, 6.45) is 3.55. The van der Waals surface area contributed by atoms with Gasteiger partial charge in [0.15, 0.2) is 5.82 Å².